The van der Waals surface area contributed by atoms with Crippen LogP contribution in [0.2, 0.25) is 5.02 Å². The number of methoxy groups -OCH3 is 1. The molecule has 39 heavy (non-hydrogen) atoms. The van der Waals surface area contributed by atoms with Gasteiger partial charge < -0.3 is 15.0 Å². The number of hydrogen-bond acceptors (Lipinski definition) is 5. The maximum atomic E-state index is 14.0. The second kappa shape index (κ2) is 14.0. The molecule has 1 N–H and O–H groups in total. The van der Waals surface area contributed by atoms with Crippen LogP contribution < -0.4 is 14.4 Å². The molecule has 10 heteroatoms. The van der Waals surface area contributed by atoms with Crippen molar-refractivity contribution in [1.29, 1.82) is 0 Å². The molecule has 0 aliphatic heterocycles. The lowest BCUT2D eigenvalue weighted by Crippen LogP contribution is -2.52. The van der Waals surface area contributed by atoms with Gasteiger partial charge in [-0.15, -0.1) is 0 Å². The van der Waals surface area contributed by atoms with Crippen LogP contribution in [0.5, 0.6) is 5.75 Å². The van der Waals surface area contributed by atoms with Gasteiger partial charge in [0.25, 0.3) is 10.0 Å². The van der Waals surface area contributed by atoms with E-state index in [9.17, 15) is 18.0 Å². The first-order valence-electron chi connectivity index (χ1n) is 12.7. The normalized spacial score (nSPS) is 11.9. The summed E-state index contributed by atoms with van der Waals surface area (Å²) in [6.45, 7) is 3.81. The first-order chi connectivity index (χ1) is 18.7. The first-order valence-corrected chi connectivity index (χ1v) is 14.6. The van der Waals surface area contributed by atoms with Gasteiger partial charge >= 0.3 is 0 Å². The number of nitrogens with one attached hydrogen (secondary N) is 1. The zero-order chi connectivity index (χ0) is 28.4. The summed E-state index contributed by atoms with van der Waals surface area (Å²) >= 11 is 6.06. The topological polar surface area (TPSA) is 96.0 Å². The molecule has 0 fully saturated rings. The highest BCUT2D eigenvalue weighted by Gasteiger charge is 2.33. The van der Waals surface area contributed by atoms with E-state index in [0.717, 1.165) is 16.3 Å². The number of rotatable bonds is 13. The van der Waals surface area contributed by atoms with Crippen molar-refractivity contribution in [3.63, 3.8) is 0 Å². The lowest BCUT2D eigenvalue weighted by molar-refractivity contribution is -0.140. The summed E-state index contributed by atoms with van der Waals surface area (Å²) in [7, 11) is -2.57. The lowest BCUT2D eigenvalue weighted by atomic mass is 10.1. The van der Waals surface area contributed by atoms with E-state index in [4.69, 9.17) is 16.3 Å². The van der Waals surface area contributed by atoms with Crippen LogP contribution in [-0.4, -0.2) is 51.4 Å². The van der Waals surface area contributed by atoms with Crippen molar-refractivity contribution in [3.8, 4) is 5.75 Å². The van der Waals surface area contributed by atoms with Gasteiger partial charge in [0.2, 0.25) is 11.8 Å². The standard InChI is InChI=1S/C29H34ClN3O5S/c1-4-18-31-29(35)27(5-2)32(20-22-10-9-11-25(19-22)38-3)28(34)21-33(24-16-14-23(30)15-17-24)39(36,37)26-12-7-6-8-13-26/h6-17,19,27H,4-5,18,20-21H2,1-3H3,(H,31,35). The summed E-state index contributed by atoms with van der Waals surface area (Å²) in [6.07, 6.45) is 1.09. The summed E-state index contributed by atoms with van der Waals surface area (Å²) in [4.78, 5) is 28.6. The van der Waals surface area contributed by atoms with E-state index in [0.29, 0.717) is 23.7 Å². The van der Waals surface area contributed by atoms with Crippen molar-refractivity contribution in [2.75, 3.05) is 24.5 Å². The summed E-state index contributed by atoms with van der Waals surface area (Å²) in [5.74, 6) is -0.205. The molecular formula is C29H34ClN3O5S. The van der Waals surface area contributed by atoms with E-state index < -0.39 is 28.5 Å². The summed E-state index contributed by atoms with van der Waals surface area (Å²) < 4.78 is 33.9. The van der Waals surface area contributed by atoms with Gasteiger partial charge in [-0.1, -0.05) is 55.8 Å². The SMILES string of the molecule is CCCNC(=O)C(CC)N(Cc1cccc(OC)c1)C(=O)CN(c1ccc(Cl)cc1)S(=O)(=O)c1ccccc1. The molecule has 0 bridgehead atoms. The first kappa shape index (κ1) is 30.0. The Morgan fingerprint density at radius 3 is 2.28 bits per heavy atom. The number of carbonyl (C=O) groups excluding carboxylic acids is 2. The molecule has 0 radical (unpaired) electrons. The highest BCUT2D eigenvalue weighted by Crippen LogP contribution is 2.26. The fraction of sp³-hybridized carbons (Fsp3) is 0.310. The Hall–Kier alpha value is -3.56. The Kier molecular flexibility index (Phi) is 10.8. The van der Waals surface area contributed by atoms with Crippen molar-refractivity contribution >= 4 is 39.1 Å². The van der Waals surface area contributed by atoms with Gasteiger partial charge in [-0.05, 0) is 66.9 Å². The number of benzene rings is 3. The average molecular weight is 572 g/mol. The number of halogens is 1. The van der Waals surface area contributed by atoms with Crippen LogP contribution in [0, 0.1) is 0 Å². The fourth-order valence-electron chi connectivity index (χ4n) is 4.11. The molecule has 0 aromatic heterocycles. The van der Waals surface area contributed by atoms with E-state index in [-0.39, 0.29) is 23.0 Å². The van der Waals surface area contributed by atoms with Crippen LogP contribution in [-0.2, 0) is 26.2 Å². The molecule has 208 valence electrons. The highest BCUT2D eigenvalue weighted by atomic mass is 35.5. The van der Waals surface area contributed by atoms with Crippen LogP contribution in [0.25, 0.3) is 0 Å². The predicted octanol–water partition coefficient (Wildman–Crippen LogP) is 4.88. The van der Waals surface area contributed by atoms with Crippen molar-refractivity contribution in [2.24, 2.45) is 0 Å². The fourth-order valence-corrected chi connectivity index (χ4v) is 5.67. The molecule has 1 unspecified atom stereocenters. The molecule has 8 nitrogen and oxygen atoms in total. The molecule has 3 aromatic carbocycles. The number of carbonyl (C=O) groups is 2. The molecule has 0 aliphatic carbocycles. The Labute approximate surface area is 235 Å². The number of hydrogen-bond donors (Lipinski definition) is 1. The van der Waals surface area contributed by atoms with Gasteiger partial charge in [-0.25, -0.2) is 8.42 Å². The molecule has 3 rings (SSSR count). The highest BCUT2D eigenvalue weighted by molar-refractivity contribution is 7.92. The Morgan fingerprint density at radius 2 is 1.67 bits per heavy atom. The third-order valence-corrected chi connectivity index (χ3v) is 8.19. The van der Waals surface area contributed by atoms with Gasteiger partial charge in [-0.3, -0.25) is 13.9 Å². The second-order valence-corrected chi connectivity index (χ2v) is 11.2. The average Bonchev–Trinajstić information content (AvgIpc) is 2.95. The molecule has 0 aliphatic rings. The van der Waals surface area contributed by atoms with E-state index in [2.05, 4.69) is 5.32 Å². The van der Waals surface area contributed by atoms with Crippen molar-refractivity contribution < 1.29 is 22.7 Å². The third-order valence-electron chi connectivity index (χ3n) is 6.15. The zero-order valence-corrected chi connectivity index (χ0v) is 23.9. The maximum absolute atomic E-state index is 14.0. The van der Waals surface area contributed by atoms with Crippen molar-refractivity contribution in [2.45, 2.75) is 44.2 Å². The van der Waals surface area contributed by atoms with Gasteiger partial charge in [-0.2, -0.15) is 0 Å². The van der Waals surface area contributed by atoms with Gasteiger partial charge in [0.15, 0.2) is 0 Å². The summed E-state index contributed by atoms with van der Waals surface area (Å²) in [5.41, 5.74) is 1.02. The molecule has 1 atom stereocenters. The molecule has 0 heterocycles. The van der Waals surface area contributed by atoms with Crippen LogP contribution in [0.3, 0.4) is 0 Å². The van der Waals surface area contributed by atoms with Crippen LogP contribution in [0.1, 0.15) is 32.3 Å². The minimum Gasteiger partial charge on any atom is -0.497 e. The Morgan fingerprint density at radius 1 is 0.974 bits per heavy atom. The molecule has 3 aromatic rings. The molecular weight excluding hydrogens is 538 g/mol. The number of sulfonamides is 1. The van der Waals surface area contributed by atoms with Gasteiger partial charge in [0.1, 0.15) is 18.3 Å². The quantitative estimate of drug-likeness (QED) is 0.315. The minimum atomic E-state index is -4.12. The zero-order valence-electron chi connectivity index (χ0n) is 22.3. The number of amides is 2. The third kappa shape index (κ3) is 7.74. The second-order valence-electron chi connectivity index (χ2n) is 8.89. The van der Waals surface area contributed by atoms with Crippen LogP contribution >= 0.6 is 11.6 Å². The minimum absolute atomic E-state index is 0.0415. The number of nitrogens with zero attached hydrogens (tertiary/aromatic N) is 2. The van der Waals surface area contributed by atoms with Crippen LogP contribution in [0.4, 0.5) is 5.69 Å². The molecule has 0 saturated carbocycles. The van der Waals surface area contributed by atoms with Gasteiger partial charge in [0, 0.05) is 18.1 Å². The van der Waals surface area contributed by atoms with Crippen LogP contribution in [0.15, 0.2) is 83.8 Å². The van der Waals surface area contributed by atoms with Crippen molar-refractivity contribution in [1.82, 2.24) is 10.2 Å². The smallest absolute Gasteiger partial charge is 0.264 e. The van der Waals surface area contributed by atoms with E-state index in [1.807, 2.05) is 19.9 Å². The maximum Gasteiger partial charge on any atom is 0.264 e. The van der Waals surface area contributed by atoms with E-state index >= 15 is 0 Å². The Bertz CT molecular complexity index is 1350. The van der Waals surface area contributed by atoms with E-state index in [1.165, 1.54) is 17.0 Å². The predicted molar refractivity (Wildman–Crippen MR) is 153 cm³/mol. The lowest BCUT2D eigenvalue weighted by Gasteiger charge is -2.33. The molecule has 2 amide bonds. The largest absolute Gasteiger partial charge is 0.497 e. The van der Waals surface area contributed by atoms with Crippen molar-refractivity contribution in [3.05, 3.63) is 89.4 Å². The summed E-state index contributed by atoms with van der Waals surface area (Å²) in [5, 5.41) is 3.30. The summed E-state index contributed by atoms with van der Waals surface area (Å²) in [6, 6.07) is 20.5. The monoisotopic (exact) mass is 571 g/mol. The number of ether oxygens (including phenoxy) is 1. The Balaban J connectivity index is 2.04. The number of anilines is 1. The molecule has 0 spiro atoms. The van der Waals surface area contributed by atoms with Gasteiger partial charge in [0.05, 0.1) is 17.7 Å². The molecule has 0 saturated heterocycles. The van der Waals surface area contributed by atoms with E-state index in [1.54, 1.807) is 67.8 Å².